The molecular weight excluding hydrogens is 290 g/mol. The fourth-order valence-corrected chi connectivity index (χ4v) is 4.20. The summed E-state index contributed by atoms with van der Waals surface area (Å²) in [6.07, 6.45) is 5.24. The Morgan fingerprint density at radius 3 is 3.00 bits per heavy atom. The molecule has 2 atom stereocenters. The minimum Gasteiger partial charge on any atom is -0.378 e. The van der Waals surface area contributed by atoms with Crippen molar-refractivity contribution in [2.24, 2.45) is 5.41 Å². The summed E-state index contributed by atoms with van der Waals surface area (Å²) in [5.74, 6) is 0.0747. The zero-order chi connectivity index (χ0) is 15.9. The second-order valence-electron chi connectivity index (χ2n) is 6.78. The average molecular weight is 313 g/mol. The van der Waals surface area contributed by atoms with Crippen molar-refractivity contribution < 1.29 is 9.53 Å². The molecule has 1 amide bonds. The molecule has 2 N–H and O–H groups in total. The van der Waals surface area contributed by atoms with E-state index in [0.717, 1.165) is 29.6 Å². The highest BCUT2D eigenvalue weighted by Gasteiger charge is 2.59. The van der Waals surface area contributed by atoms with Crippen LogP contribution in [0.25, 0.3) is 10.9 Å². The molecule has 5 heteroatoms. The summed E-state index contributed by atoms with van der Waals surface area (Å²) in [7, 11) is 0. The Labute approximate surface area is 135 Å². The molecule has 1 heterocycles. The highest BCUT2D eigenvalue weighted by atomic mass is 16.5. The van der Waals surface area contributed by atoms with Gasteiger partial charge in [-0.05, 0) is 32.3 Å². The number of ether oxygens (including phenoxy) is 1. The molecule has 0 aliphatic heterocycles. The second-order valence-corrected chi connectivity index (χ2v) is 6.78. The minimum absolute atomic E-state index is 0.0747. The van der Waals surface area contributed by atoms with Gasteiger partial charge in [0.1, 0.15) is 0 Å². The molecule has 0 radical (unpaired) electrons. The second kappa shape index (κ2) is 5.64. The molecule has 23 heavy (non-hydrogen) atoms. The molecule has 0 unspecified atom stereocenters. The van der Waals surface area contributed by atoms with Gasteiger partial charge in [0.25, 0.3) is 0 Å². The summed E-state index contributed by atoms with van der Waals surface area (Å²) >= 11 is 0. The number of carbonyl (C=O) groups excluding carboxylic acids is 1. The first-order valence-electron chi connectivity index (χ1n) is 8.56. The van der Waals surface area contributed by atoms with Crippen molar-refractivity contribution in [2.45, 2.75) is 51.2 Å². The van der Waals surface area contributed by atoms with Crippen LogP contribution in [0.4, 0.5) is 0 Å². The number of carbonyl (C=O) groups is 1. The van der Waals surface area contributed by atoms with Gasteiger partial charge in [-0.1, -0.05) is 24.6 Å². The lowest BCUT2D eigenvalue weighted by Gasteiger charge is -2.61. The van der Waals surface area contributed by atoms with Crippen molar-refractivity contribution >= 4 is 16.8 Å². The molecule has 2 fully saturated rings. The highest BCUT2D eigenvalue weighted by molar-refractivity contribution is 5.87. The van der Waals surface area contributed by atoms with Gasteiger partial charge >= 0.3 is 0 Å². The third-order valence-corrected chi connectivity index (χ3v) is 5.65. The van der Waals surface area contributed by atoms with E-state index in [1.807, 2.05) is 31.2 Å². The normalized spacial score (nSPS) is 25.1. The van der Waals surface area contributed by atoms with Crippen molar-refractivity contribution in [1.82, 2.24) is 15.5 Å². The molecule has 0 bridgehead atoms. The first-order chi connectivity index (χ1) is 11.2. The van der Waals surface area contributed by atoms with E-state index < -0.39 is 0 Å². The van der Waals surface area contributed by atoms with Gasteiger partial charge in [-0.25, -0.2) is 0 Å². The van der Waals surface area contributed by atoms with Crippen molar-refractivity contribution in [3.8, 4) is 0 Å². The van der Waals surface area contributed by atoms with E-state index in [-0.39, 0.29) is 17.4 Å². The number of aromatic amines is 1. The first-order valence-corrected chi connectivity index (χ1v) is 8.56. The fraction of sp³-hybridized carbons (Fsp3) is 0.556. The zero-order valence-corrected chi connectivity index (χ0v) is 13.5. The van der Waals surface area contributed by atoms with Crippen molar-refractivity contribution in [2.75, 3.05) is 6.61 Å². The molecule has 2 aliphatic rings. The molecule has 2 saturated carbocycles. The molecule has 1 aromatic heterocycles. The Bertz CT molecular complexity index is 720. The Balaban J connectivity index is 1.41. The van der Waals surface area contributed by atoms with E-state index >= 15 is 0 Å². The summed E-state index contributed by atoms with van der Waals surface area (Å²) in [5, 5.41) is 11.5. The van der Waals surface area contributed by atoms with E-state index in [4.69, 9.17) is 4.74 Å². The number of benzene rings is 1. The van der Waals surface area contributed by atoms with E-state index in [1.165, 1.54) is 19.3 Å². The molecule has 2 aliphatic carbocycles. The van der Waals surface area contributed by atoms with Gasteiger partial charge in [-0.2, -0.15) is 5.10 Å². The maximum Gasteiger partial charge on any atom is 0.226 e. The van der Waals surface area contributed by atoms with E-state index in [2.05, 4.69) is 15.5 Å². The lowest BCUT2D eigenvalue weighted by molar-refractivity contribution is -0.175. The molecular formula is C18H23N3O2. The predicted molar refractivity (Wildman–Crippen MR) is 88.0 cm³/mol. The van der Waals surface area contributed by atoms with Crippen LogP contribution in [0.5, 0.6) is 0 Å². The van der Waals surface area contributed by atoms with Gasteiger partial charge < -0.3 is 10.1 Å². The van der Waals surface area contributed by atoms with Crippen LogP contribution in [0.2, 0.25) is 0 Å². The zero-order valence-electron chi connectivity index (χ0n) is 13.5. The first kappa shape index (κ1) is 14.7. The number of H-pyrrole nitrogens is 1. The third-order valence-electron chi connectivity index (χ3n) is 5.65. The van der Waals surface area contributed by atoms with Crippen molar-refractivity contribution in [3.63, 3.8) is 0 Å². The summed E-state index contributed by atoms with van der Waals surface area (Å²) in [6.45, 7) is 2.80. The number of hydrogen-bond donors (Lipinski definition) is 2. The topological polar surface area (TPSA) is 67.0 Å². The maximum absolute atomic E-state index is 12.4. The molecule has 1 spiro atoms. The van der Waals surface area contributed by atoms with E-state index in [0.29, 0.717) is 12.5 Å². The molecule has 2 aromatic rings. The summed E-state index contributed by atoms with van der Waals surface area (Å²) < 4.78 is 5.84. The molecule has 122 valence electrons. The third kappa shape index (κ3) is 2.34. The SMILES string of the molecule is CCO[C@H]1C[C@H](NC(=O)Cc2[nH]nc3ccccc23)C12CCC2. The van der Waals surface area contributed by atoms with Gasteiger partial charge in [-0.3, -0.25) is 9.89 Å². The van der Waals surface area contributed by atoms with Crippen LogP contribution in [-0.4, -0.2) is 34.9 Å². The molecule has 1 aromatic carbocycles. The molecule has 5 nitrogen and oxygen atoms in total. The van der Waals surface area contributed by atoms with Crippen LogP contribution in [0, 0.1) is 5.41 Å². The van der Waals surface area contributed by atoms with Crippen LogP contribution in [0.1, 0.15) is 38.3 Å². The van der Waals surface area contributed by atoms with Crippen LogP contribution in [-0.2, 0) is 16.0 Å². The minimum atomic E-state index is 0.0747. The monoisotopic (exact) mass is 313 g/mol. The fourth-order valence-electron chi connectivity index (χ4n) is 4.20. The number of amides is 1. The number of para-hydroxylation sites is 1. The predicted octanol–water partition coefficient (Wildman–Crippen LogP) is 2.57. The molecule has 0 saturated heterocycles. The van der Waals surface area contributed by atoms with Gasteiger partial charge in [0.15, 0.2) is 0 Å². The lowest BCUT2D eigenvalue weighted by atomic mass is 9.51. The molecule has 4 rings (SSSR count). The lowest BCUT2D eigenvalue weighted by Crippen LogP contribution is -2.67. The Hall–Kier alpha value is -1.88. The van der Waals surface area contributed by atoms with Crippen LogP contribution < -0.4 is 5.32 Å². The average Bonchev–Trinajstić information content (AvgIpc) is 2.88. The van der Waals surface area contributed by atoms with E-state index in [9.17, 15) is 4.79 Å². The largest absolute Gasteiger partial charge is 0.378 e. The summed E-state index contributed by atoms with van der Waals surface area (Å²) in [5.41, 5.74) is 2.01. The van der Waals surface area contributed by atoms with Gasteiger partial charge in [0.2, 0.25) is 5.91 Å². The number of fused-ring (bicyclic) bond motifs is 1. The summed E-state index contributed by atoms with van der Waals surface area (Å²) in [4.78, 5) is 12.4. The quantitative estimate of drug-likeness (QED) is 0.891. The highest BCUT2D eigenvalue weighted by Crippen LogP contribution is 2.57. The summed E-state index contributed by atoms with van der Waals surface area (Å²) in [6, 6.07) is 8.16. The van der Waals surface area contributed by atoms with Crippen LogP contribution >= 0.6 is 0 Å². The van der Waals surface area contributed by atoms with Gasteiger partial charge in [0.05, 0.1) is 23.7 Å². The Morgan fingerprint density at radius 1 is 1.43 bits per heavy atom. The van der Waals surface area contributed by atoms with Crippen molar-refractivity contribution in [3.05, 3.63) is 30.0 Å². The Kier molecular flexibility index (Phi) is 3.60. The number of rotatable bonds is 5. The van der Waals surface area contributed by atoms with Gasteiger partial charge in [-0.15, -0.1) is 0 Å². The van der Waals surface area contributed by atoms with Crippen molar-refractivity contribution in [1.29, 1.82) is 0 Å². The van der Waals surface area contributed by atoms with Crippen LogP contribution in [0.3, 0.4) is 0 Å². The standard InChI is InChI=1S/C18H23N3O2/c1-2-23-16-11-15(18(16)8-5-9-18)19-17(22)10-14-12-6-3-4-7-13(12)20-21-14/h3-4,6-7,15-16H,2,5,8-11H2,1H3,(H,19,22)(H,20,21)/t15-,16-/m0/s1. The Morgan fingerprint density at radius 2 is 2.26 bits per heavy atom. The smallest absolute Gasteiger partial charge is 0.226 e. The number of nitrogens with zero attached hydrogens (tertiary/aromatic N) is 1. The van der Waals surface area contributed by atoms with Gasteiger partial charge in [0, 0.05) is 23.4 Å². The maximum atomic E-state index is 12.4. The number of aromatic nitrogens is 2. The number of hydrogen-bond acceptors (Lipinski definition) is 3. The van der Waals surface area contributed by atoms with Crippen LogP contribution in [0.15, 0.2) is 24.3 Å². The van der Waals surface area contributed by atoms with E-state index in [1.54, 1.807) is 0 Å². The number of nitrogens with one attached hydrogen (secondary N) is 2.